The van der Waals surface area contributed by atoms with E-state index in [1.807, 2.05) is 0 Å². The molecule has 2 heterocycles. The van der Waals surface area contributed by atoms with Gasteiger partial charge in [0.05, 0.1) is 35.3 Å². The third kappa shape index (κ3) is 4.58. The van der Waals surface area contributed by atoms with Crippen molar-refractivity contribution >= 4 is 16.7 Å². The summed E-state index contributed by atoms with van der Waals surface area (Å²) in [4.78, 5) is 25.8. The molecular weight excluding hydrogens is 461 g/mol. The van der Waals surface area contributed by atoms with Crippen molar-refractivity contribution in [3.63, 3.8) is 0 Å². The molecule has 0 aliphatic carbocycles. The quantitative estimate of drug-likeness (QED) is 0.563. The van der Waals surface area contributed by atoms with E-state index in [-0.39, 0.29) is 17.9 Å². The first kappa shape index (κ1) is 24.9. The highest BCUT2D eigenvalue weighted by molar-refractivity contribution is 5.87. The summed E-state index contributed by atoms with van der Waals surface area (Å²) in [7, 11) is 0. The molecule has 0 fully saturated rings. The van der Waals surface area contributed by atoms with Crippen LogP contribution in [0.1, 0.15) is 50.4 Å². The maximum Gasteiger partial charge on any atom is 0.416 e. The summed E-state index contributed by atoms with van der Waals surface area (Å²) in [5, 5.41) is 14.8. The third-order valence-electron chi connectivity index (χ3n) is 6.53. The molecule has 0 radical (unpaired) electrons. The molecule has 3 aromatic rings. The number of aliphatic hydroxyl groups excluding tert-OH is 1. The molecule has 3 atom stereocenters. The van der Waals surface area contributed by atoms with E-state index in [1.165, 1.54) is 23.6 Å². The molecule has 4 rings (SSSR count). The number of para-hydroxylation sites is 1. The normalized spacial score (nSPS) is 20.2. The Morgan fingerprint density at radius 2 is 1.80 bits per heavy atom. The van der Waals surface area contributed by atoms with Crippen LogP contribution in [0.5, 0.6) is 5.75 Å². The zero-order valence-electron chi connectivity index (χ0n) is 19.8. The molecule has 1 aliphatic heterocycles. The van der Waals surface area contributed by atoms with E-state index in [0.29, 0.717) is 22.2 Å². The Hall–Kier alpha value is -3.17. The number of fused-ring (bicyclic) bond motifs is 3. The number of aromatic nitrogens is 1. The Balaban J connectivity index is 1.90. The van der Waals surface area contributed by atoms with Crippen molar-refractivity contribution in [1.29, 1.82) is 0 Å². The number of halogens is 3. The fraction of sp³-hybridized carbons (Fsp3) is 0.385. The predicted molar refractivity (Wildman–Crippen MR) is 125 cm³/mol. The second-order valence-electron chi connectivity index (χ2n) is 9.47. The van der Waals surface area contributed by atoms with Crippen molar-refractivity contribution in [2.45, 2.75) is 64.2 Å². The third-order valence-corrected chi connectivity index (χ3v) is 6.53. The van der Waals surface area contributed by atoms with E-state index in [9.17, 15) is 27.9 Å². The Morgan fingerprint density at radius 3 is 2.40 bits per heavy atom. The fourth-order valence-electron chi connectivity index (χ4n) is 4.36. The number of benzene rings is 2. The summed E-state index contributed by atoms with van der Waals surface area (Å²) >= 11 is 0. The van der Waals surface area contributed by atoms with Crippen LogP contribution >= 0.6 is 0 Å². The van der Waals surface area contributed by atoms with Gasteiger partial charge in [-0.05, 0) is 57.5 Å². The molecule has 0 saturated heterocycles. The molecule has 3 unspecified atom stereocenters. The predicted octanol–water partition coefficient (Wildman–Crippen LogP) is 4.21. The molecule has 2 aromatic carbocycles. The van der Waals surface area contributed by atoms with Gasteiger partial charge in [0.25, 0.3) is 5.56 Å². The van der Waals surface area contributed by atoms with Gasteiger partial charge in [-0.15, -0.1) is 0 Å². The number of hydrogen-bond donors (Lipinski definition) is 2. The maximum absolute atomic E-state index is 13.8. The van der Waals surface area contributed by atoms with Crippen LogP contribution in [0.4, 0.5) is 13.2 Å². The number of nitrogens with zero attached hydrogens (tertiary/aromatic N) is 1. The zero-order valence-corrected chi connectivity index (χ0v) is 19.8. The van der Waals surface area contributed by atoms with Crippen molar-refractivity contribution in [2.24, 2.45) is 0 Å². The number of hydrogen-bond acceptors (Lipinski definition) is 5. The SMILES string of the molecule is CC(=O)C(C)NC1c2c(c3ccccc3n(Cc3ccc(C(F)(F)F)cc3)c2=O)OC(C)(C)C1O. The number of ketones is 1. The number of Topliss-reactive ketones (excluding diaryl/α,β-unsaturated/α-hetero) is 1. The van der Waals surface area contributed by atoms with Gasteiger partial charge in [0, 0.05) is 5.39 Å². The Labute approximate surface area is 200 Å². The van der Waals surface area contributed by atoms with Crippen LogP contribution in [0.25, 0.3) is 10.9 Å². The molecule has 0 amide bonds. The van der Waals surface area contributed by atoms with Gasteiger partial charge in [-0.3, -0.25) is 14.9 Å². The maximum atomic E-state index is 13.8. The first-order valence-corrected chi connectivity index (χ1v) is 11.3. The average molecular weight is 489 g/mol. The first-order valence-electron chi connectivity index (χ1n) is 11.3. The lowest BCUT2D eigenvalue weighted by Crippen LogP contribution is -2.56. The van der Waals surface area contributed by atoms with E-state index < -0.39 is 41.1 Å². The number of pyridine rings is 1. The number of carbonyl (C=O) groups excluding carboxylic acids is 1. The second-order valence-corrected chi connectivity index (χ2v) is 9.47. The molecule has 1 aromatic heterocycles. The molecule has 35 heavy (non-hydrogen) atoms. The van der Waals surface area contributed by atoms with Crippen LogP contribution in [0, 0.1) is 0 Å². The lowest BCUT2D eigenvalue weighted by Gasteiger charge is -2.43. The van der Waals surface area contributed by atoms with Crippen molar-refractivity contribution in [3.05, 3.63) is 75.6 Å². The number of rotatable bonds is 5. The van der Waals surface area contributed by atoms with Gasteiger partial charge >= 0.3 is 6.18 Å². The lowest BCUT2D eigenvalue weighted by molar-refractivity contribution is -0.137. The van der Waals surface area contributed by atoms with E-state index in [4.69, 9.17) is 4.74 Å². The number of aliphatic hydroxyl groups is 1. The van der Waals surface area contributed by atoms with Crippen LogP contribution in [0.15, 0.2) is 53.3 Å². The van der Waals surface area contributed by atoms with Crippen LogP contribution in [-0.2, 0) is 17.5 Å². The molecular formula is C26H27F3N2O4. The highest BCUT2D eigenvalue weighted by Crippen LogP contribution is 2.42. The fourth-order valence-corrected chi connectivity index (χ4v) is 4.36. The van der Waals surface area contributed by atoms with Crippen LogP contribution in [0.3, 0.4) is 0 Å². The van der Waals surface area contributed by atoms with Crippen LogP contribution in [-0.4, -0.2) is 33.2 Å². The van der Waals surface area contributed by atoms with Crippen molar-refractivity contribution < 1.29 is 27.8 Å². The molecule has 0 bridgehead atoms. The Kier molecular flexibility index (Phi) is 6.27. The summed E-state index contributed by atoms with van der Waals surface area (Å²) in [6.45, 7) is 6.49. The molecule has 186 valence electrons. The molecule has 2 N–H and O–H groups in total. The van der Waals surface area contributed by atoms with E-state index in [2.05, 4.69) is 5.32 Å². The van der Waals surface area contributed by atoms with Gasteiger partial charge < -0.3 is 14.4 Å². The monoisotopic (exact) mass is 488 g/mol. The van der Waals surface area contributed by atoms with Crippen molar-refractivity contribution in [3.8, 4) is 5.75 Å². The average Bonchev–Trinajstić information content (AvgIpc) is 2.79. The first-order chi connectivity index (χ1) is 16.3. The number of ether oxygens (including phenoxy) is 1. The van der Waals surface area contributed by atoms with Gasteiger partial charge in [-0.1, -0.05) is 24.3 Å². The summed E-state index contributed by atoms with van der Waals surface area (Å²) in [5.74, 6) is 0.159. The van der Waals surface area contributed by atoms with Crippen molar-refractivity contribution in [2.75, 3.05) is 0 Å². The minimum Gasteiger partial charge on any atom is -0.484 e. The molecule has 1 aliphatic rings. The van der Waals surface area contributed by atoms with Gasteiger partial charge in [0.15, 0.2) is 0 Å². The topological polar surface area (TPSA) is 80.6 Å². The Bertz CT molecular complexity index is 1330. The standard InChI is InChI=1S/C26H27F3N2O4/c1-14(15(2)32)30-21-20-22(35-25(3,4)23(21)33)18-7-5-6-8-19(18)31(24(20)34)13-16-9-11-17(12-10-16)26(27,28)29/h5-12,14,21,23,30,33H,13H2,1-4H3. The largest absolute Gasteiger partial charge is 0.484 e. The summed E-state index contributed by atoms with van der Waals surface area (Å²) in [6.07, 6.45) is -5.61. The zero-order chi connectivity index (χ0) is 25.7. The summed E-state index contributed by atoms with van der Waals surface area (Å²) in [6, 6.07) is 10.2. The van der Waals surface area contributed by atoms with Crippen molar-refractivity contribution in [1.82, 2.24) is 9.88 Å². The number of alkyl halides is 3. The molecule has 6 nitrogen and oxygen atoms in total. The lowest BCUT2D eigenvalue weighted by atomic mass is 9.85. The van der Waals surface area contributed by atoms with E-state index in [1.54, 1.807) is 45.0 Å². The van der Waals surface area contributed by atoms with Crippen LogP contribution < -0.4 is 15.6 Å². The van der Waals surface area contributed by atoms with Crippen LogP contribution in [0.2, 0.25) is 0 Å². The Morgan fingerprint density at radius 1 is 1.17 bits per heavy atom. The number of nitrogens with one attached hydrogen (secondary N) is 1. The highest BCUT2D eigenvalue weighted by atomic mass is 19.4. The van der Waals surface area contributed by atoms with Gasteiger partial charge in [0.2, 0.25) is 0 Å². The number of carbonyl (C=O) groups is 1. The highest BCUT2D eigenvalue weighted by Gasteiger charge is 2.46. The molecule has 0 saturated carbocycles. The summed E-state index contributed by atoms with van der Waals surface area (Å²) in [5.41, 5.74) is -1.07. The van der Waals surface area contributed by atoms with E-state index in [0.717, 1.165) is 12.1 Å². The minimum atomic E-state index is -4.46. The smallest absolute Gasteiger partial charge is 0.416 e. The van der Waals surface area contributed by atoms with E-state index >= 15 is 0 Å². The van der Waals surface area contributed by atoms with Gasteiger partial charge in [-0.2, -0.15) is 13.2 Å². The van der Waals surface area contributed by atoms with Gasteiger partial charge in [-0.25, -0.2) is 0 Å². The summed E-state index contributed by atoms with van der Waals surface area (Å²) < 4.78 is 46.6. The second kappa shape index (κ2) is 8.80. The van der Waals surface area contributed by atoms with Gasteiger partial charge in [0.1, 0.15) is 23.2 Å². The molecule has 9 heteroatoms. The molecule has 0 spiro atoms. The minimum absolute atomic E-state index is 0.0131.